The average Bonchev–Trinajstić information content (AvgIpc) is 3.02. The minimum Gasteiger partial charge on any atom is -0.494 e. The Kier molecular flexibility index (Phi) is 5.27. The van der Waals surface area contributed by atoms with E-state index in [-0.39, 0.29) is 11.8 Å². The van der Waals surface area contributed by atoms with Crippen molar-refractivity contribution in [1.29, 1.82) is 0 Å². The Labute approximate surface area is 151 Å². The highest BCUT2D eigenvalue weighted by molar-refractivity contribution is 5.56. The predicted molar refractivity (Wildman–Crippen MR) is 95.1 cm³/mol. The van der Waals surface area contributed by atoms with Crippen LogP contribution in [0.25, 0.3) is 11.5 Å². The van der Waals surface area contributed by atoms with Gasteiger partial charge in [0.2, 0.25) is 5.89 Å². The van der Waals surface area contributed by atoms with Gasteiger partial charge in [0.1, 0.15) is 12.1 Å². The van der Waals surface area contributed by atoms with E-state index in [0.717, 1.165) is 17.1 Å². The second-order valence-corrected chi connectivity index (χ2v) is 6.10. The topological polar surface area (TPSA) is 64.3 Å². The molecule has 0 aliphatic rings. The molecule has 2 aromatic heterocycles. The Morgan fingerprint density at radius 3 is 2.81 bits per heavy atom. The largest absolute Gasteiger partial charge is 0.494 e. The Morgan fingerprint density at radius 2 is 2.12 bits per heavy atom. The van der Waals surface area contributed by atoms with E-state index in [9.17, 15) is 4.39 Å². The van der Waals surface area contributed by atoms with Gasteiger partial charge in [-0.15, -0.1) is 0 Å². The SMILES string of the molecule is COc1cc(-c2nc(CN(C)[C@H](C)c3ccncn3)c(C)o2)ccc1F. The molecule has 0 aliphatic heterocycles. The smallest absolute Gasteiger partial charge is 0.226 e. The van der Waals surface area contributed by atoms with Crippen molar-refractivity contribution in [2.24, 2.45) is 0 Å². The van der Waals surface area contributed by atoms with Crippen LogP contribution in [-0.4, -0.2) is 34.0 Å². The molecular weight excluding hydrogens is 335 g/mol. The first-order chi connectivity index (χ1) is 12.5. The van der Waals surface area contributed by atoms with Crippen molar-refractivity contribution < 1.29 is 13.5 Å². The maximum atomic E-state index is 13.6. The van der Waals surface area contributed by atoms with E-state index < -0.39 is 5.82 Å². The summed E-state index contributed by atoms with van der Waals surface area (Å²) in [7, 11) is 3.43. The summed E-state index contributed by atoms with van der Waals surface area (Å²) in [6.45, 7) is 4.54. The molecule has 0 N–H and O–H groups in total. The lowest BCUT2D eigenvalue weighted by Gasteiger charge is -2.23. The van der Waals surface area contributed by atoms with E-state index in [1.165, 1.54) is 13.2 Å². The highest BCUT2D eigenvalue weighted by Gasteiger charge is 2.18. The van der Waals surface area contributed by atoms with E-state index in [1.54, 1.807) is 24.7 Å². The van der Waals surface area contributed by atoms with Crippen molar-refractivity contribution in [3.05, 3.63) is 59.8 Å². The van der Waals surface area contributed by atoms with Crippen LogP contribution in [0.1, 0.15) is 30.1 Å². The fraction of sp³-hybridized carbons (Fsp3) is 0.316. The summed E-state index contributed by atoms with van der Waals surface area (Å²) >= 11 is 0. The zero-order valence-corrected chi connectivity index (χ0v) is 15.2. The maximum absolute atomic E-state index is 13.6. The molecule has 1 aromatic carbocycles. The minimum absolute atomic E-state index is 0.100. The predicted octanol–water partition coefficient (Wildman–Crippen LogP) is 3.78. The lowest BCUT2D eigenvalue weighted by molar-refractivity contribution is 0.244. The first-order valence-corrected chi connectivity index (χ1v) is 8.26. The molecule has 26 heavy (non-hydrogen) atoms. The van der Waals surface area contributed by atoms with Crippen LogP contribution in [0.15, 0.2) is 41.2 Å². The average molecular weight is 356 g/mol. The molecule has 136 valence electrons. The summed E-state index contributed by atoms with van der Waals surface area (Å²) in [6.07, 6.45) is 3.27. The van der Waals surface area contributed by atoms with Gasteiger partial charge in [0.05, 0.1) is 18.5 Å². The number of nitrogens with zero attached hydrogens (tertiary/aromatic N) is 4. The fourth-order valence-electron chi connectivity index (χ4n) is 2.64. The first kappa shape index (κ1) is 18.0. The Morgan fingerprint density at radius 1 is 1.31 bits per heavy atom. The molecular formula is C19H21FN4O2. The third-order valence-corrected chi connectivity index (χ3v) is 4.38. The highest BCUT2D eigenvalue weighted by Crippen LogP contribution is 2.28. The van der Waals surface area contributed by atoms with Gasteiger partial charge < -0.3 is 9.15 Å². The number of ether oxygens (including phenoxy) is 1. The molecule has 2 heterocycles. The van der Waals surface area contributed by atoms with E-state index in [2.05, 4.69) is 26.8 Å². The number of aromatic nitrogens is 3. The number of rotatable bonds is 6. The van der Waals surface area contributed by atoms with Crippen molar-refractivity contribution in [2.75, 3.05) is 14.2 Å². The summed E-state index contributed by atoms with van der Waals surface area (Å²) in [5, 5.41) is 0. The fourth-order valence-corrected chi connectivity index (χ4v) is 2.64. The minimum atomic E-state index is -0.418. The lowest BCUT2D eigenvalue weighted by Crippen LogP contribution is -2.23. The zero-order valence-electron chi connectivity index (χ0n) is 15.2. The van der Waals surface area contributed by atoms with E-state index in [1.807, 2.05) is 20.0 Å². The maximum Gasteiger partial charge on any atom is 0.226 e. The normalized spacial score (nSPS) is 12.4. The van der Waals surface area contributed by atoms with Gasteiger partial charge >= 0.3 is 0 Å². The van der Waals surface area contributed by atoms with Crippen LogP contribution in [0.2, 0.25) is 0 Å². The summed E-state index contributed by atoms with van der Waals surface area (Å²) in [4.78, 5) is 15.0. The molecule has 0 amide bonds. The van der Waals surface area contributed by atoms with E-state index in [4.69, 9.17) is 9.15 Å². The molecule has 0 fully saturated rings. The molecule has 7 heteroatoms. The summed E-state index contributed by atoms with van der Waals surface area (Å²) in [5.74, 6) is 0.913. The Hall–Kier alpha value is -2.80. The van der Waals surface area contributed by atoms with E-state index in [0.29, 0.717) is 18.0 Å². The number of oxazole rings is 1. The summed E-state index contributed by atoms with van der Waals surface area (Å²) in [5.41, 5.74) is 2.43. The van der Waals surface area contributed by atoms with Gasteiger partial charge in [-0.1, -0.05) is 0 Å². The molecule has 0 bridgehead atoms. The van der Waals surface area contributed by atoms with Crippen LogP contribution >= 0.6 is 0 Å². The van der Waals surface area contributed by atoms with Gasteiger partial charge in [-0.3, -0.25) is 4.90 Å². The number of halogens is 1. The van der Waals surface area contributed by atoms with E-state index >= 15 is 0 Å². The zero-order chi connectivity index (χ0) is 18.7. The standard InChI is InChI=1S/C19H21FN4O2/c1-12(16-7-8-21-11-22-16)24(3)10-17-13(2)26-19(23-17)14-5-6-15(20)18(9-14)25-4/h5-9,11-12H,10H2,1-4H3/t12-/m1/s1. The van der Waals surface area contributed by atoms with Gasteiger partial charge in [-0.25, -0.2) is 19.3 Å². The van der Waals surface area contributed by atoms with Crippen molar-refractivity contribution >= 4 is 0 Å². The molecule has 3 aromatic rings. The van der Waals surface area contributed by atoms with Crippen molar-refractivity contribution in [1.82, 2.24) is 19.9 Å². The number of methoxy groups -OCH3 is 1. The number of hydrogen-bond donors (Lipinski definition) is 0. The summed E-state index contributed by atoms with van der Waals surface area (Å²) < 4.78 is 24.4. The Balaban J connectivity index is 1.80. The second-order valence-electron chi connectivity index (χ2n) is 6.10. The lowest BCUT2D eigenvalue weighted by atomic mass is 10.2. The Bertz CT molecular complexity index is 883. The number of hydrogen-bond acceptors (Lipinski definition) is 6. The molecule has 0 saturated carbocycles. The van der Waals surface area contributed by atoms with Gasteiger partial charge in [0.15, 0.2) is 11.6 Å². The first-order valence-electron chi connectivity index (χ1n) is 8.26. The molecule has 0 saturated heterocycles. The molecule has 6 nitrogen and oxygen atoms in total. The monoisotopic (exact) mass is 356 g/mol. The van der Waals surface area contributed by atoms with Crippen molar-refractivity contribution in [3.8, 4) is 17.2 Å². The molecule has 0 aliphatic carbocycles. The molecule has 0 spiro atoms. The van der Waals surface area contributed by atoms with Crippen LogP contribution < -0.4 is 4.74 Å². The highest BCUT2D eigenvalue weighted by atomic mass is 19.1. The van der Waals surface area contributed by atoms with Gasteiger partial charge in [0, 0.05) is 24.3 Å². The second kappa shape index (κ2) is 7.61. The van der Waals surface area contributed by atoms with Crippen LogP contribution in [-0.2, 0) is 6.54 Å². The third-order valence-electron chi connectivity index (χ3n) is 4.38. The summed E-state index contributed by atoms with van der Waals surface area (Å²) in [6, 6.07) is 6.55. The van der Waals surface area contributed by atoms with Crippen molar-refractivity contribution in [2.45, 2.75) is 26.4 Å². The molecule has 0 unspecified atom stereocenters. The molecule has 1 atom stereocenters. The van der Waals surface area contributed by atoms with Crippen molar-refractivity contribution in [3.63, 3.8) is 0 Å². The molecule has 0 radical (unpaired) electrons. The van der Waals surface area contributed by atoms with Crippen LogP contribution in [0.5, 0.6) is 5.75 Å². The van der Waals surface area contributed by atoms with Crippen LogP contribution in [0.3, 0.4) is 0 Å². The van der Waals surface area contributed by atoms with Crippen LogP contribution in [0.4, 0.5) is 4.39 Å². The van der Waals surface area contributed by atoms with Gasteiger partial charge in [-0.2, -0.15) is 0 Å². The number of aryl methyl sites for hydroxylation is 1. The van der Waals surface area contributed by atoms with Gasteiger partial charge in [-0.05, 0) is 45.2 Å². The van der Waals surface area contributed by atoms with Gasteiger partial charge in [0.25, 0.3) is 0 Å². The quantitative estimate of drug-likeness (QED) is 0.670. The van der Waals surface area contributed by atoms with Crippen LogP contribution in [0, 0.1) is 12.7 Å². The molecule has 3 rings (SSSR count). The number of benzene rings is 1. The third kappa shape index (κ3) is 3.72.